The number of aromatic amines is 1. The van der Waals surface area contributed by atoms with Gasteiger partial charge in [-0.05, 0) is 31.1 Å². The molecule has 1 aliphatic rings. The first-order valence-corrected chi connectivity index (χ1v) is 16.0. The summed E-state index contributed by atoms with van der Waals surface area (Å²) in [6.45, 7) is 16.1. The van der Waals surface area contributed by atoms with E-state index < -0.39 is 13.9 Å². The first-order valence-electron chi connectivity index (χ1n) is 13.0. The monoisotopic (exact) mass is 540 g/mol. The number of H-pyrrole nitrogens is 1. The second kappa shape index (κ2) is 10.8. The molecule has 2 N–H and O–H groups in total. The predicted octanol–water partition coefficient (Wildman–Crippen LogP) is 5.63. The Hall–Kier alpha value is -2.79. The van der Waals surface area contributed by atoms with Gasteiger partial charge in [0, 0.05) is 56.3 Å². The van der Waals surface area contributed by atoms with Crippen LogP contribution in [0.2, 0.25) is 18.1 Å². The van der Waals surface area contributed by atoms with Crippen molar-refractivity contribution in [2.45, 2.75) is 70.9 Å². The number of anilines is 1. The zero-order valence-electron chi connectivity index (χ0n) is 23.7. The lowest BCUT2D eigenvalue weighted by molar-refractivity contribution is -0.114. The Morgan fingerprint density at radius 1 is 1.29 bits per heavy atom. The molecule has 1 unspecified atom stereocenters. The van der Waals surface area contributed by atoms with Gasteiger partial charge in [0.1, 0.15) is 23.8 Å². The van der Waals surface area contributed by atoms with Crippen LogP contribution < -0.4 is 10.1 Å². The summed E-state index contributed by atoms with van der Waals surface area (Å²) in [4.78, 5) is 24.2. The average molecular weight is 541 g/mol. The van der Waals surface area contributed by atoms with Gasteiger partial charge >= 0.3 is 0 Å². The number of hydrogen-bond acceptors (Lipinski definition) is 7. The van der Waals surface area contributed by atoms with Gasteiger partial charge in [-0.2, -0.15) is 0 Å². The maximum absolute atomic E-state index is 11.6. The minimum atomic E-state index is -1.93. The number of amides is 1. The second-order valence-electron chi connectivity index (χ2n) is 11.6. The minimum absolute atomic E-state index is 0.0680. The molecule has 0 spiro atoms. The molecule has 1 fully saturated rings. The first-order chi connectivity index (χ1) is 17.8. The Bertz CT molecular complexity index is 1290. The number of hydrogen-bond donors (Lipinski definition) is 2. The molecule has 0 radical (unpaired) electrons. The molecular weight excluding hydrogens is 500 g/mol. The van der Waals surface area contributed by atoms with Gasteiger partial charge in [-0.15, -0.1) is 0 Å². The van der Waals surface area contributed by atoms with E-state index in [2.05, 4.69) is 56.1 Å². The Morgan fingerprint density at radius 2 is 2.05 bits per heavy atom. The summed E-state index contributed by atoms with van der Waals surface area (Å²) in [5, 5.41) is 3.76. The van der Waals surface area contributed by atoms with Crippen molar-refractivity contribution in [1.29, 1.82) is 0 Å². The molecule has 38 heavy (non-hydrogen) atoms. The number of pyridine rings is 2. The van der Waals surface area contributed by atoms with Crippen LogP contribution in [-0.2, 0) is 24.3 Å². The average Bonchev–Trinajstić information content (AvgIpc) is 3.49. The lowest BCUT2D eigenvalue weighted by Gasteiger charge is -2.38. The number of aromatic nitrogens is 3. The van der Waals surface area contributed by atoms with Crippen molar-refractivity contribution in [2.24, 2.45) is 0 Å². The lowest BCUT2D eigenvalue weighted by Crippen LogP contribution is -2.44. The summed E-state index contributed by atoms with van der Waals surface area (Å²) in [7, 11) is -0.237. The molecule has 9 nitrogen and oxygen atoms in total. The number of nitrogens with one attached hydrogen (secondary N) is 2. The molecule has 4 rings (SSSR count). The van der Waals surface area contributed by atoms with Crippen molar-refractivity contribution >= 4 is 30.9 Å². The SMILES string of the molecule is CO[C@@]1(c2cc(OCC(C)O[Si](C)(C)C(C)(C)C)cc(-c3c[nH]c4cnc(NC(C)=O)cc34)n2)CCOC1. The third-order valence-corrected chi connectivity index (χ3v) is 12.2. The highest BCUT2D eigenvalue weighted by atomic mass is 28.4. The van der Waals surface area contributed by atoms with Crippen LogP contribution in [0.15, 0.2) is 30.6 Å². The van der Waals surface area contributed by atoms with E-state index in [1.54, 1.807) is 13.3 Å². The van der Waals surface area contributed by atoms with E-state index in [0.717, 1.165) is 27.9 Å². The van der Waals surface area contributed by atoms with E-state index in [1.807, 2.05) is 24.4 Å². The third kappa shape index (κ3) is 5.93. The second-order valence-corrected chi connectivity index (χ2v) is 16.3. The molecule has 0 aromatic carbocycles. The molecule has 4 heterocycles. The summed E-state index contributed by atoms with van der Waals surface area (Å²) in [5.41, 5.74) is 2.55. The standard InChI is InChI=1S/C28H40N4O5Si/c1-18(37-38(7,8)27(3,4)5)16-36-20-11-23(32-25(12-20)28(34-6)9-10-35-17-28)22-14-29-24-15-30-26(13-21(22)24)31-19(2)33/h11-15,18,29H,9-10,16-17H2,1-8H3,(H,30,31,33)/t18?,28-/m0/s1. The molecule has 10 heteroatoms. The van der Waals surface area contributed by atoms with Crippen molar-refractivity contribution in [3.05, 3.63) is 36.3 Å². The number of fused-ring (bicyclic) bond motifs is 1. The summed E-state index contributed by atoms with van der Waals surface area (Å²) in [6.07, 6.45) is 4.23. The summed E-state index contributed by atoms with van der Waals surface area (Å²) in [5.74, 6) is 0.985. The largest absolute Gasteiger partial charge is 0.491 e. The predicted molar refractivity (Wildman–Crippen MR) is 151 cm³/mol. The number of rotatable bonds is 9. The highest BCUT2D eigenvalue weighted by Crippen LogP contribution is 2.39. The zero-order chi connectivity index (χ0) is 27.7. The highest BCUT2D eigenvalue weighted by molar-refractivity contribution is 6.74. The van der Waals surface area contributed by atoms with Gasteiger partial charge in [0.25, 0.3) is 0 Å². The normalized spacial score (nSPS) is 19.1. The van der Waals surface area contributed by atoms with Crippen molar-refractivity contribution in [3.8, 4) is 17.0 Å². The Balaban J connectivity index is 1.70. The van der Waals surface area contributed by atoms with Crippen LogP contribution in [-0.4, -0.2) is 62.2 Å². The molecule has 0 aliphatic carbocycles. The number of ether oxygens (including phenoxy) is 3. The Kier molecular flexibility index (Phi) is 7.99. The number of carbonyl (C=O) groups excluding carboxylic acids is 1. The molecule has 1 amide bonds. The Labute approximate surface area is 225 Å². The van der Waals surface area contributed by atoms with Crippen LogP contribution in [0, 0.1) is 0 Å². The molecule has 1 aliphatic heterocycles. The fourth-order valence-electron chi connectivity index (χ4n) is 4.38. The van der Waals surface area contributed by atoms with Crippen molar-refractivity contribution in [1.82, 2.24) is 15.0 Å². The molecule has 0 saturated carbocycles. The van der Waals surface area contributed by atoms with Gasteiger partial charge < -0.3 is 28.9 Å². The quantitative estimate of drug-likeness (QED) is 0.339. The lowest BCUT2D eigenvalue weighted by atomic mass is 9.96. The van der Waals surface area contributed by atoms with Crippen LogP contribution in [0.3, 0.4) is 0 Å². The van der Waals surface area contributed by atoms with E-state index in [1.165, 1.54) is 6.92 Å². The van der Waals surface area contributed by atoms with E-state index in [4.69, 9.17) is 23.6 Å². The van der Waals surface area contributed by atoms with Gasteiger partial charge in [0.2, 0.25) is 5.91 Å². The summed E-state index contributed by atoms with van der Waals surface area (Å²) in [6, 6.07) is 5.72. The van der Waals surface area contributed by atoms with Gasteiger partial charge in [-0.3, -0.25) is 4.79 Å². The number of methoxy groups -OCH3 is 1. The van der Waals surface area contributed by atoms with Gasteiger partial charge in [-0.1, -0.05) is 20.8 Å². The fourth-order valence-corrected chi connectivity index (χ4v) is 5.81. The summed E-state index contributed by atoms with van der Waals surface area (Å²) >= 11 is 0. The molecule has 206 valence electrons. The van der Waals surface area contributed by atoms with Gasteiger partial charge in [0.15, 0.2) is 8.32 Å². The Morgan fingerprint density at radius 3 is 2.68 bits per heavy atom. The third-order valence-electron chi connectivity index (χ3n) is 7.57. The van der Waals surface area contributed by atoms with Crippen LogP contribution in [0.4, 0.5) is 5.82 Å². The van der Waals surface area contributed by atoms with Crippen LogP contribution in [0.1, 0.15) is 46.7 Å². The van der Waals surface area contributed by atoms with Crippen molar-refractivity contribution < 1.29 is 23.4 Å². The van der Waals surface area contributed by atoms with E-state index in [9.17, 15) is 4.79 Å². The van der Waals surface area contributed by atoms with E-state index in [0.29, 0.717) is 37.8 Å². The molecular formula is C28H40N4O5Si. The maximum Gasteiger partial charge on any atom is 0.222 e. The molecule has 1 saturated heterocycles. The maximum atomic E-state index is 11.6. The van der Waals surface area contributed by atoms with Crippen LogP contribution in [0.5, 0.6) is 5.75 Å². The molecule has 0 bridgehead atoms. The topological polar surface area (TPSA) is 108 Å². The van der Waals surface area contributed by atoms with Crippen LogP contribution in [0.25, 0.3) is 22.2 Å². The van der Waals surface area contributed by atoms with E-state index >= 15 is 0 Å². The van der Waals surface area contributed by atoms with Crippen molar-refractivity contribution in [3.63, 3.8) is 0 Å². The molecule has 3 aromatic rings. The number of nitrogens with zero attached hydrogens (tertiary/aromatic N) is 2. The highest BCUT2D eigenvalue weighted by Gasteiger charge is 2.40. The fraction of sp³-hybridized carbons (Fsp3) is 0.536. The van der Waals surface area contributed by atoms with Gasteiger partial charge in [-0.25, -0.2) is 9.97 Å². The van der Waals surface area contributed by atoms with Crippen LogP contribution >= 0.6 is 0 Å². The minimum Gasteiger partial charge on any atom is -0.491 e. The zero-order valence-corrected chi connectivity index (χ0v) is 24.7. The van der Waals surface area contributed by atoms with E-state index in [-0.39, 0.29) is 17.0 Å². The molecule has 3 aromatic heterocycles. The summed E-state index contributed by atoms with van der Waals surface area (Å²) < 4.78 is 24.5. The van der Waals surface area contributed by atoms with Crippen molar-refractivity contribution in [2.75, 3.05) is 32.2 Å². The smallest absolute Gasteiger partial charge is 0.222 e. The number of carbonyl (C=O) groups is 1. The first kappa shape index (κ1) is 28.2. The van der Waals surface area contributed by atoms with Gasteiger partial charge in [0.05, 0.1) is 35.8 Å². The molecule has 2 atom stereocenters.